The van der Waals surface area contributed by atoms with E-state index >= 15 is 0 Å². The first-order chi connectivity index (χ1) is 8.66. The molecule has 0 radical (unpaired) electrons. The number of hydrogen-bond acceptors (Lipinski definition) is 4. The first-order valence-electron chi connectivity index (χ1n) is 5.60. The molecule has 1 amide bonds. The number of carbonyl (C=O) groups excluding carboxylic acids is 1. The van der Waals surface area contributed by atoms with Crippen LogP contribution in [0.15, 0.2) is 41.6 Å². The smallest absolute Gasteiger partial charge is 0.256 e. The van der Waals surface area contributed by atoms with Crippen LogP contribution in [-0.4, -0.2) is 23.1 Å². The van der Waals surface area contributed by atoms with E-state index in [0.717, 1.165) is 16.5 Å². The number of pyridine rings is 1. The molecule has 0 aliphatic heterocycles. The van der Waals surface area contributed by atoms with Gasteiger partial charge in [-0.1, -0.05) is 12.1 Å². The molecule has 1 atom stereocenters. The van der Waals surface area contributed by atoms with Gasteiger partial charge in [-0.05, 0) is 30.7 Å². The van der Waals surface area contributed by atoms with Gasteiger partial charge >= 0.3 is 0 Å². The molecule has 0 spiro atoms. The van der Waals surface area contributed by atoms with Gasteiger partial charge in [-0.2, -0.15) is 5.10 Å². The fourth-order valence-electron chi connectivity index (χ4n) is 1.45. The molecule has 3 N–H and O–H groups in total. The van der Waals surface area contributed by atoms with Gasteiger partial charge in [0.2, 0.25) is 0 Å². The molecule has 0 fully saturated rings. The van der Waals surface area contributed by atoms with Crippen LogP contribution in [0.1, 0.15) is 12.5 Å². The van der Waals surface area contributed by atoms with Gasteiger partial charge in [0.25, 0.3) is 5.91 Å². The minimum atomic E-state index is -0.567. The van der Waals surface area contributed by atoms with Crippen molar-refractivity contribution in [3.05, 3.63) is 42.1 Å². The predicted octanol–water partition coefficient (Wildman–Crippen LogP) is 1.03. The fraction of sp³-hybridized carbons (Fsp3) is 0.154. The number of aromatic nitrogens is 1. The molecular weight excluding hydrogens is 228 g/mol. The zero-order valence-corrected chi connectivity index (χ0v) is 10.00. The lowest BCUT2D eigenvalue weighted by atomic mass is 10.1. The van der Waals surface area contributed by atoms with Crippen molar-refractivity contribution in [3.63, 3.8) is 0 Å². The second kappa shape index (κ2) is 5.37. The van der Waals surface area contributed by atoms with Crippen LogP contribution in [0, 0.1) is 0 Å². The highest BCUT2D eigenvalue weighted by Crippen LogP contribution is 2.11. The topological polar surface area (TPSA) is 80.4 Å². The molecule has 92 valence electrons. The number of rotatable bonds is 3. The molecule has 5 nitrogen and oxygen atoms in total. The summed E-state index contributed by atoms with van der Waals surface area (Å²) in [6.45, 7) is 1.60. The van der Waals surface area contributed by atoms with Crippen LogP contribution in [0.5, 0.6) is 0 Å². The van der Waals surface area contributed by atoms with Gasteiger partial charge in [0.05, 0.1) is 17.8 Å². The first kappa shape index (κ1) is 12.2. The first-order valence-corrected chi connectivity index (χ1v) is 5.60. The molecule has 2 aromatic rings. The van der Waals surface area contributed by atoms with Crippen molar-refractivity contribution < 1.29 is 4.79 Å². The molecule has 0 unspecified atom stereocenters. The number of hydrazone groups is 1. The Hall–Kier alpha value is -2.27. The summed E-state index contributed by atoms with van der Waals surface area (Å²) < 4.78 is 0. The fourth-order valence-corrected chi connectivity index (χ4v) is 1.45. The molecule has 0 saturated carbocycles. The lowest BCUT2D eigenvalue weighted by Gasteiger charge is -2.02. The van der Waals surface area contributed by atoms with Crippen LogP contribution in [-0.2, 0) is 4.79 Å². The minimum Gasteiger partial charge on any atom is -0.320 e. The van der Waals surface area contributed by atoms with Gasteiger partial charge in [0.1, 0.15) is 0 Å². The summed E-state index contributed by atoms with van der Waals surface area (Å²) in [5.74, 6) is -0.311. The zero-order chi connectivity index (χ0) is 13.0. The highest BCUT2D eigenvalue weighted by molar-refractivity contribution is 5.89. The van der Waals surface area contributed by atoms with Gasteiger partial charge in [-0.15, -0.1) is 0 Å². The number of nitrogens with two attached hydrogens (primary N) is 1. The standard InChI is InChI=1S/C13H14N4O/c1-9(14)13(18)17-16-8-10-4-5-12-11(7-10)3-2-6-15-12/h2-9H,14H2,1H3,(H,17,18)/b16-8-/t9-/m0/s1. The number of nitrogens with one attached hydrogen (secondary N) is 1. The molecule has 1 heterocycles. The number of fused-ring (bicyclic) bond motifs is 1. The molecular formula is C13H14N4O. The van der Waals surface area contributed by atoms with Crippen LogP contribution in [0.4, 0.5) is 0 Å². The third-order valence-corrected chi connectivity index (χ3v) is 2.43. The maximum absolute atomic E-state index is 11.2. The maximum atomic E-state index is 11.2. The van der Waals surface area contributed by atoms with Gasteiger partial charge < -0.3 is 5.73 Å². The van der Waals surface area contributed by atoms with E-state index in [0.29, 0.717) is 0 Å². The normalized spacial score (nSPS) is 12.8. The van der Waals surface area contributed by atoms with Crippen molar-refractivity contribution in [2.45, 2.75) is 13.0 Å². The van der Waals surface area contributed by atoms with Crippen LogP contribution < -0.4 is 11.2 Å². The highest BCUT2D eigenvalue weighted by atomic mass is 16.2. The summed E-state index contributed by atoms with van der Waals surface area (Å²) in [4.78, 5) is 15.4. The van der Waals surface area contributed by atoms with Crippen molar-refractivity contribution in [1.82, 2.24) is 10.4 Å². The minimum absolute atomic E-state index is 0.311. The highest BCUT2D eigenvalue weighted by Gasteiger charge is 2.04. The average Bonchev–Trinajstić information content (AvgIpc) is 2.38. The van der Waals surface area contributed by atoms with E-state index in [1.807, 2.05) is 30.3 Å². The van der Waals surface area contributed by atoms with Gasteiger partial charge in [0, 0.05) is 11.6 Å². The van der Waals surface area contributed by atoms with Gasteiger partial charge in [-0.25, -0.2) is 5.43 Å². The quantitative estimate of drug-likeness (QED) is 0.623. The molecule has 0 aliphatic carbocycles. The van der Waals surface area contributed by atoms with Gasteiger partial charge in [0.15, 0.2) is 0 Å². The van der Waals surface area contributed by atoms with Gasteiger partial charge in [-0.3, -0.25) is 9.78 Å². The molecule has 0 bridgehead atoms. The number of amides is 1. The van der Waals surface area contributed by atoms with Crippen molar-refractivity contribution in [3.8, 4) is 0 Å². The van der Waals surface area contributed by atoms with Crippen molar-refractivity contribution in [2.24, 2.45) is 10.8 Å². The van der Waals surface area contributed by atoms with E-state index < -0.39 is 6.04 Å². The number of benzene rings is 1. The Morgan fingerprint density at radius 3 is 3.11 bits per heavy atom. The van der Waals surface area contributed by atoms with Crippen LogP contribution in [0.2, 0.25) is 0 Å². The van der Waals surface area contributed by atoms with Crippen LogP contribution >= 0.6 is 0 Å². The van der Waals surface area contributed by atoms with E-state index in [1.54, 1.807) is 19.3 Å². The van der Waals surface area contributed by atoms with E-state index in [9.17, 15) is 4.79 Å². The van der Waals surface area contributed by atoms with E-state index in [1.165, 1.54) is 0 Å². The van der Waals surface area contributed by atoms with E-state index in [4.69, 9.17) is 5.73 Å². The molecule has 1 aromatic heterocycles. The summed E-state index contributed by atoms with van der Waals surface area (Å²) in [7, 11) is 0. The monoisotopic (exact) mass is 242 g/mol. The Labute approximate surface area is 105 Å². The predicted molar refractivity (Wildman–Crippen MR) is 71.1 cm³/mol. The average molecular weight is 242 g/mol. The summed E-state index contributed by atoms with van der Waals surface area (Å²) in [6, 6.07) is 9.02. The largest absolute Gasteiger partial charge is 0.320 e. The summed E-state index contributed by atoms with van der Waals surface area (Å²) in [5.41, 5.74) is 9.58. The molecule has 1 aromatic carbocycles. The van der Waals surface area contributed by atoms with Crippen molar-refractivity contribution in [2.75, 3.05) is 0 Å². The van der Waals surface area contributed by atoms with Crippen molar-refractivity contribution in [1.29, 1.82) is 0 Å². The third-order valence-electron chi connectivity index (χ3n) is 2.43. The number of nitrogens with zero attached hydrogens (tertiary/aromatic N) is 2. The lowest BCUT2D eigenvalue weighted by molar-refractivity contribution is -0.121. The summed E-state index contributed by atoms with van der Waals surface area (Å²) in [5, 5.41) is 4.87. The molecule has 2 rings (SSSR count). The van der Waals surface area contributed by atoms with E-state index in [2.05, 4.69) is 15.5 Å². The summed E-state index contributed by atoms with van der Waals surface area (Å²) in [6.07, 6.45) is 3.33. The van der Waals surface area contributed by atoms with E-state index in [-0.39, 0.29) is 5.91 Å². The Kier molecular flexibility index (Phi) is 3.64. The second-order valence-electron chi connectivity index (χ2n) is 3.98. The number of hydrogen-bond donors (Lipinski definition) is 2. The molecule has 0 saturated heterocycles. The Bertz CT molecular complexity index is 592. The SMILES string of the molecule is C[C@H](N)C(=O)N/N=C\c1ccc2ncccc2c1. The Morgan fingerprint density at radius 1 is 1.50 bits per heavy atom. The Balaban J connectivity index is 2.12. The third kappa shape index (κ3) is 2.89. The van der Waals surface area contributed by atoms with Crippen LogP contribution in [0.25, 0.3) is 10.9 Å². The zero-order valence-electron chi connectivity index (χ0n) is 10.00. The lowest BCUT2D eigenvalue weighted by Crippen LogP contribution is -2.35. The second-order valence-corrected chi connectivity index (χ2v) is 3.98. The maximum Gasteiger partial charge on any atom is 0.256 e. The molecule has 5 heteroatoms. The molecule has 0 aliphatic rings. The van der Waals surface area contributed by atoms with Crippen molar-refractivity contribution >= 4 is 23.0 Å². The number of carbonyl (C=O) groups is 1. The Morgan fingerprint density at radius 2 is 2.33 bits per heavy atom. The molecule has 18 heavy (non-hydrogen) atoms. The van der Waals surface area contributed by atoms with Crippen LogP contribution in [0.3, 0.4) is 0 Å². The summed E-state index contributed by atoms with van der Waals surface area (Å²) >= 11 is 0.